The highest BCUT2D eigenvalue weighted by Crippen LogP contribution is 2.10. The molecule has 0 spiro atoms. The van der Waals surface area contributed by atoms with Gasteiger partial charge in [-0.25, -0.2) is 4.79 Å². The van der Waals surface area contributed by atoms with Gasteiger partial charge >= 0.3 is 5.97 Å². The van der Waals surface area contributed by atoms with Gasteiger partial charge in [0, 0.05) is 0 Å². The molecular formula is C18H22O2. The summed E-state index contributed by atoms with van der Waals surface area (Å²) >= 11 is 0. The molecule has 0 aromatic heterocycles. The van der Waals surface area contributed by atoms with Crippen LogP contribution in [0, 0.1) is 34.6 Å². The van der Waals surface area contributed by atoms with E-state index < -0.39 is 5.97 Å². The molecular weight excluding hydrogens is 248 g/mol. The molecule has 0 saturated heterocycles. The molecule has 0 amide bonds. The van der Waals surface area contributed by atoms with Gasteiger partial charge in [0.15, 0.2) is 0 Å². The summed E-state index contributed by atoms with van der Waals surface area (Å²) in [6.45, 7) is 10.1. The number of aryl methyl sites for hydroxylation is 5. The summed E-state index contributed by atoms with van der Waals surface area (Å²) in [7, 11) is 0. The first-order valence-electron chi connectivity index (χ1n) is 6.65. The second kappa shape index (κ2) is 6.90. The van der Waals surface area contributed by atoms with Gasteiger partial charge in [-0.05, 0) is 57.4 Å². The molecule has 106 valence electrons. The van der Waals surface area contributed by atoms with E-state index in [4.69, 9.17) is 5.11 Å². The third-order valence-corrected chi connectivity index (χ3v) is 3.29. The topological polar surface area (TPSA) is 37.3 Å². The zero-order valence-corrected chi connectivity index (χ0v) is 12.8. The van der Waals surface area contributed by atoms with Gasteiger partial charge in [0.25, 0.3) is 0 Å². The predicted octanol–water partition coefficient (Wildman–Crippen LogP) is 4.61. The van der Waals surface area contributed by atoms with Crippen molar-refractivity contribution in [3.8, 4) is 0 Å². The van der Waals surface area contributed by atoms with Crippen LogP contribution >= 0.6 is 0 Å². The maximum atomic E-state index is 10.6. The lowest BCUT2D eigenvalue weighted by atomic mass is 10.1. The van der Waals surface area contributed by atoms with Crippen LogP contribution in [0.5, 0.6) is 0 Å². The summed E-state index contributed by atoms with van der Waals surface area (Å²) in [6, 6.07) is 11.9. The van der Waals surface area contributed by atoms with Crippen LogP contribution in [0.25, 0.3) is 0 Å². The van der Waals surface area contributed by atoms with E-state index in [-0.39, 0.29) is 0 Å². The SMILES string of the molecule is Cc1ccc(C)c(C(=O)O)c1.Cc1ccc(C)c(C)c1. The molecule has 1 N–H and O–H groups in total. The standard InChI is InChI=1S/C9H10O2.C9H12/c1-6-3-4-7(2)8(5-6)9(10)11;1-7-4-5-8(2)9(3)6-7/h3-5H,1-2H3,(H,10,11);4-6H,1-3H3. The molecule has 0 fully saturated rings. The second-order valence-corrected chi connectivity index (χ2v) is 5.21. The average Bonchev–Trinajstić information content (AvgIpc) is 2.38. The first-order chi connectivity index (χ1) is 9.31. The molecule has 2 nitrogen and oxygen atoms in total. The van der Waals surface area contributed by atoms with Crippen molar-refractivity contribution in [1.82, 2.24) is 0 Å². The van der Waals surface area contributed by atoms with E-state index in [1.165, 1.54) is 16.7 Å². The Bertz CT molecular complexity index is 613. The first-order valence-corrected chi connectivity index (χ1v) is 6.65. The van der Waals surface area contributed by atoms with E-state index >= 15 is 0 Å². The van der Waals surface area contributed by atoms with Crippen molar-refractivity contribution in [1.29, 1.82) is 0 Å². The van der Waals surface area contributed by atoms with Crippen LogP contribution in [0.4, 0.5) is 0 Å². The highest BCUT2D eigenvalue weighted by molar-refractivity contribution is 5.89. The molecule has 2 heteroatoms. The fourth-order valence-corrected chi connectivity index (χ4v) is 1.86. The fourth-order valence-electron chi connectivity index (χ4n) is 1.86. The summed E-state index contributed by atoms with van der Waals surface area (Å²) in [4.78, 5) is 10.6. The van der Waals surface area contributed by atoms with Gasteiger partial charge in [-0.15, -0.1) is 0 Å². The predicted molar refractivity (Wildman–Crippen MR) is 83.5 cm³/mol. The lowest BCUT2D eigenvalue weighted by molar-refractivity contribution is 0.0696. The monoisotopic (exact) mass is 270 g/mol. The van der Waals surface area contributed by atoms with Gasteiger partial charge < -0.3 is 5.11 Å². The van der Waals surface area contributed by atoms with Gasteiger partial charge in [-0.1, -0.05) is 41.5 Å². The molecule has 20 heavy (non-hydrogen) atoms. The number of aromatic carboxylic acids is 1. The average molecular weight is 270 g/mol. The molecule has 2 aromatic carbocycles. The number of carbonyl (C=O) groups is 1. The van der Waals surface area contributed by atoms with E-state index in [1.54, 1.807) is 13.0 Å². The molecule has 0 aliphatic heterocycles. The number of hydrogen-bond donors (Lipinski definition) is 1. The largest absolute Gasteiger partial charge is 0.478 e. The summed E-state index contributed by atoms with van der Waals surface area (Å²) in [6.07, 6.45) is 0. The summed E-state index contributed by atoms with van der Waals surface area (Å²) in [5, 5.41) is 8.69. The van der Waals surface area contributed by atoms with Crippen molar-refractivity contribution in [2.75, 3.05) is 0 Å². The third-order valence-electron chi connectivity index (χ3n) is 3.29. The van der Waals surface area contributed by atoms with Crippen LogP contribution in [0.15, 0.2) is 36.4 Å². The summed E-state index contributed by atoms with van der Waals surface area (Å²) < 4.78 is 0. The van der Waals surface area contributed by atoms with Crippen LogP contribution in [-0.2, 0) is 0 Å². The Labute approximate surface area is 121 Å². The Kier molecular flexibility index (Phi) is 5.51. The molecule has 0 aliphatic carbocycles. The van der Waals surface area contributed by atoms with Crippen LogP contribution in [0.3, 0.4) is 0 Å². The first kappa shape index (κ1) is 16.0. The molecule has 0 radical (unpaired) electrons. The summed E-state index contributed by atoms with van der Waals surface area (Å²) in [5.41, 5.74) is 6.29. The molecule has 2 aromatic rings. The Balaban J connectivity index is 0.000000204. The van der Waals surface area contributed by atoms with E-state index in [2.05, 4.69) is 39.0 Å². The fraction of sp³-hybridized carbons (Fsp3) is 0.278. The van der Waals surface area contributed by atoms with Gasteiger partial charge in [-0.3, -0.25) is 0 Å². The van der Waals surface area contributed by atoms with Crippen LogP contribution in [-0.4, -0.2) is 11.1 Å². The quantitative estimate of drug-likeness (QED) is 0.821. The maximum absolute atomic E-state index is 10.6. The minimum absolute atomic E-state index is 0.394. The highest BCUT2D eigenvalue weighted by atomic mass is 16.4. The van der Waals surface area contributed by atoms with E-state index in [0.717, 1.165) is 11.1 Å². The number of hydrogen-bond acceptors (Lipinski definition) is 1. The van der Waals surface area contributed by atoms with Crippen LogP contribution in [0.1, 0.15) is 38.2 Å². The maximum Gasteiger partial charge on any atom is 0.335 e. The molecule has 0 saturated carbocycles. The number of benzene rings is 2. The Morgan fingerprint density at radius 1 is 0.750 bits per heavy atom. The second-order valence-electron chi connectivity index (χ2n) is 5.21. The minimum atomic E-state index is -0.855. The van der Waals surface area contributed by atoms with Crippen molar-refractivity contribution in [2.24, 2.45) is 0 Å². The van der Waals surface area contributed by atoms with Gasteiger partial charge in [0.05, 0.1) is 5.56 Å². The van der Waals surface area contributed by atoms with E-state index in [1.807, 2.05) is 19.1 Å². The molecule has 0 heterocycles. The molecule has 0 bridgehead atoms. The summed E-state index contributed by atoms with van der Waals surface area (Å²) in [5.74, 6) is -0.855. The number of rotatable bonds is 1. The van der Waals surface area contributed by atoms with Gasteiger partial charge in [-0.2, -0.15) is 0 Å². The molecule has 0 aliphatic rings. The third kappa shape index (κ3) is 4.54. The molecule has 0 atom stereocenters. The van der Waals surface area contributed by atoms with Crippen molar-refractivity contribution in [3.05, 3.63) is 69.8 Å². The smallest absolute Gasteiger partial charge is 0.335 e. The lowest BCUT2D eigenvalue weighted by Crippen LogP contribution is -1.99. The van der Waals surface area contributed by atoms with Crippen LogP contribution in [0.2, 0.25) is 0 Å². The minimum Gasteiger partial charge on any atom is -0.478 e. The van der Waals surface area contributed by atoms with E-state index in [9.17, 15) is 4.79 Å². The van der Waals surface area contributed by atoms with Gasteiger partial charge in [0.2, 0.25) is 0 Å². The van der Waals surface area contributed by atoms with Crippen molar-refractivity contribution in [2.45, 2.75) is 34.6 Å². The van der Waals surface area contributed by atoms with Gasteiger partial charge in [0.1, 0.15) is 0 Å². The molecule has 2 rings (SSSR count). The normalized spacial score (nSPS) is 9.65. The number of carboxylic acids is 1. The van der Waals surface area contributed by atoms with Crippen molar-refractivity contribution < 1.29 is 9.90 Å². The molecule has 0 unspecified atom stereocenters. The Hall–Kier alpha value is -2.09. The Morgan fingerprint density at radius 3 is 1.65 bits per heavy atom. The zero-order valence-electron chi connectivity index (χ0n) is 12.8. The number of carboxylic acid groups (broad SMARTS) is 1. The van der Waals surface area contributed by atoms with Crippen LogP contribution < -0.4 is 0 Å². The highest BCUT2D eigenvalue weighted by Gasteiger charge is 2.05. The Morgan fingerprint density at radius 2 is 1.25 bits per heavy atom. The van der Waals surface area contributed by atoms with Crippen molar-refractivity contribution >= 4 is 5.97 Å². The lowest BCUT2D eigenvalue weighted by Gasteiger charge is -2.00. The van der Waals surface area contributed by atoms with Crippen molar-refractivity contribution in [3.63, 3.8) is 0 Å². The zero-order chi connectivity index (χ0) is 15.3. The van der Waals surface area contributed by atoms with E-state index in [0.29, 0.717) is 5.56 Å².